The van der Waals surface area contributed by atoms with Gasteiger partial charge in [0.2, 0.25) is 5.91 Å². The van der Waals surface area contributed by atoms with Gasteiger partial charge in [0.25, 0.3) is 10.0 Å². The molecule has 2 heterocycles. The molecular weight excluding hydrogens is 504 g/mol. The number of thiophene rings is 1. The lowest BCUT2D eigenvalue weighted by atomic mass is 10.1. The van der Waals surface area contributed by atoms with E-state index in [-0.39, 0.29) is 10.6 Å². The van der Waals surface area contributed by atoms with E-state index in [0.717, 1.165) is 16.9 Å². The molecule has 0 radical (unpaired) electrons. The van der Waals surface area contributed by atoms with E-state index >= 15 is 0 Å². The first kappa shape index (κ1) is 21.8. The molecule has 0 aliphatic carbocycles. The minimum Gasteiger partial charge on any atom is -0.486 e. The van der Waals surface area contributed by atoms with E-state index in [2.05, 4.69) is 26.0 Å². The number of benzene rings is 2. The summed E-state index contributed by atoms with van der Waals surface area (Å²) in [5.41, 5.74) is 1.32. The molecule has 0 saturated carbocycles. The molecule has 2 aromatic carbocycles. The van der Waals surface area contributed by atoms with Crippen LogP contribution in [-0.4, -0.2) is 33.6 Å². The fourth-order valence-electron chi connectivity index (χ4n) is 3.08. The van der Waals surface area contributed by atoms with Crippen LogP contribution in [0.2, 0.25) is 0 Å². The average molecular weight is 523 g/mol. The zero-order valence-electron chi connectivity index (χ0n) is 16.2. The molecule has 162 valence electrons. The van der Waals surface area contributed by atoms with E-state index < -0.39 is 22.0 Å². The van der Waals surface area contributed by atoms with E-state index in [1.165, 1.54) is 6.07 Å². The first-order chi connectivity index (χ1) is 14.9. The van der Waals surface area contributed by atoms with Gasteiger partial charge in [0.1, 0.15) is 23.5 Å². The highest BCUT2D eigenvalue weighted by molar-refractivity contribution is 9.11. The Labute approximate surface area is 192 Å². The monoisotopic (exact) mass is 522 g/mol. The number of hydrogen-bond donors (Lipinski definition) is 2. The number of carbonyl (C=O) groups excluding carboxylic acids is 1. The number of hydrogen-bond acceptors (Lipinski definition) is 6. The maximum absolute atomic E-state index is 13.1. The number of halogens is 1. The predicted octanol–water partition coefficient (Wildman–Crippen LogP) is 3.81. The van der Waals surface area contributed by atoms with Crippen LogP contribution < -0.4 is 19.5 Å². The summed E-state index contributed by atoms with van der Waals surface area (Å²) >= 11 is 4.35. The van der Waals surface area contributed by atoms with Crippen molar-refractivity contribution < 1.29 is 22.7 Å². The second kappa shape index (κ2) is 9.39. The Hall–Kier alpha value is -2.40. The molecule has 7 nitrogen and oxygen atoms in total. The third-order valence-electron chi connectivity index (χ3n) is 4.52. The zero-order valence-corrected chi connectivity index (χ0v) is 19.4. The second-order valence-corrected chi connectivity index (χ2v) is 11.2. The summed E-state index contributed by atoms with van der Waals surface area (Å²) in [5, 5.41) is 2.78. The Morgan fingerprint density at radius 3 is 2.48 bits per heavy atom. The fraction of sp³-hybridized carbons (Fsp3) is 0.190. The van der Waals surface area contributed by atoms with Crippen LogP contribution in [-0.2, 0) is 21.2 Å². The molecular formula is C21H19BrN2O5S2. The number of carbonyl (C=O) groups is 1. The number of ether oxygens (including phenoxy) is 2. The molecule has 1 atom stereocenters. The molecule has 0 spiro atoms. The minimum atomic E-state index is -3.88. The van der Waals surface area contributed by atoms with Crippen molar-refractivity contribution in [2.75, 3.05) is 18.5 Å². The molecule has 1 amide bonds. The lowest BCUT2D eigenvalue weighted by Crippen LogP contribution is -2.45. The Balaban J connectivity index is 1.56. The summed E-state index contributed by atoms with van der Waals surface area (Å²) in [5.74, 6) is 0.668. The summed E-state index contributed by atoms with van der Waals surface area (Å²) in [7, 11) is -3.88. The van der Waals surface area contributed by atoms with Crippen molar-refractivity contribution in [3.8, 4) is 11.5 Å². The van der Waals surface area contributed by atoms with Gasteiger partial charge in [0.15, 0.2) is 11.5 Å². The molecule has 0 bridgehead atoms. The number of sulfonamides is 1. The standard InChI is InChI=1S/C21H19BrN2O5S2/c22-19-8-9-20(30-19)31(26,27)24-16(12-14-4-2-1-3-5-14)21(25)23-15-6-7-17-18(13-15)29-11-10-28-17/h1-9,13,16,24H,10-12H2,(H,23,25)/t16-/m1/s1. The predicted molar refractivity (Wildman–Crippen MR) is 122 cm³/mol. The Kier molecular flexibility index (Phi) is 6.61. The summed E-state index contributed by atoms with van der Waals surface area (Å²) < 4.78 is 40.1. The van der Waals surface area contributed by atoms with Gasteiger partial charge in [-0.3, -0.25) is 4.79 Å². The third-order valence-corrected chi connectivity index (χ3v) is 8.11. The number of nitrogens with one attached hydrogen (secondary N) is 2. The molecule has 4 rings (SSSR count). The van der Waals surface area contributed by atoms with E-state index in [1.54, 1.807) is 24.3 Å². The van der Waals surface area contributed by atoms with Crippen LogP contribution in [0.1, 0.15) is 5.56 Å². The van der Waals surface area contributed by atoms with Gasteiger partial charge in [-0.15, -0.1) is 11.3 Å². The summed E-state index contributed by atoms with van der Waals surface area (Å²) in [6.45, 7) is 0.898. The normalized spacial score (nSPS) is 14.1. The van der Waals surface area contributed by atoms with Crippen molar-refractivity contribution in [2.45, 2.75) is 16.7 Å². The molecule has 10 heteroatoms. The van der Waals surface area contributed by atoms with E-state index in [1.807, 2.05) is 30.3 Å². The summed E-state index contributed by atoms with van der Waals surface area (Å²) in [6, 6.07) is 16.4. The van der Waals surface area contributed by atoms with Crippen molar-refractivity contribution in [3.05, 3.63) is 70.0 Å². The van der Waals surface area contributed by atoms with Crippen molar-refractivity contribution in [1.29, 1.82) is 0 Å². The molecule has 1 aliphatic heterocycles. The van der Waals surface area contributed by atoms with Crippen LogP contribution in [0.5, 0.6) is 11.5 Å². The summed E-state index contributed by atoms with van der Waals surface area (Å²) in [6.07, 6.45) is 0.197. The van der Waals surface area contributed by atoms with Gasteiger partial charge >= 0.3 is 0 Å². The molecule has 0 fully saturated rings. The Morgan fingerprint density at radius 2 is 1.77 bits per heavy atom. The van der Waals surface area contributed by atoms with Crippen molar-refractivity contribution >= 4 is 48.9 Å². The van der Waals surface area contributed by atoms with E-state index in [4.69, 9.17) is 9.47 Å². The zero-order chi connectivity index (χ0) is 21.8. The van der Waals surface area contributed by atoms with Crippen LogP contribution in [0, 0.1) is 0 Å². The number of amides is 1. The lowest BCUT2D eigenvalue weighted by molar-refractivity contribution is -0.117. The largest absolute Gasteiger partial charge is 0.486 e. The first-order valence-electron chi connectivity index (χ1n) is 9.43. The van der Waals surface area contributed by atoms with Crippen molar-refractivity contribution in [1.82, 2.24) is 4.72 Å². The molecule has 2 N–H and O–H groups in total. The van der Waals surface area contributed by atoms with Crippen molar-refractivity contribution in [3.63, 3.8) is 0 Å². The van der Waals surface area contributed by atoms with Gasteiger partial charge in [0, 0.05) is 11.8 Å². The highest BCUT2D eigenvalue weighted by Gasteiger charge is 2.27. The van der Waals surface area contributed by atoms with Crippen LogP contribution in [0.3, 0.4) is 0 Å². The van der Waals surface area contributed by atoms with Crippen LogP contribution in [0.15, 0.2) is 68.7 Å². The van der Waals surface area contributed by atoms with Gasteiger partial charge in [0.05, 0.1) is 3.79 Å². The maximum Gasteiger partial charge on any atom is 0.250 e. The smallest absolute Gasteiger partial charge is 0.250 e. The van der Waals surface area contributed by atoms with E-state index in [0.29, 0.717) is 34.2 Å². The summed E-state index contributed by atoms with van der Waals surface area (Å²) in [4.78, 5) is 13.1. The van der Waals surface area contributed by atoms with Crippen LogP contribution in [0.25, 0.3) is 0 Å². The first-order valence-corrected chi connectivity index (χ1v) is 12.5. The number of anilines is 1. The second-order valence-electron chi connectivity index (χ2n) is 6.77. The molecule has 1 aliphatic rings. The Morgan fingerprint density at radius 1 is 1.03 bits per heavy atom. The number of fused-ring (bicyclic) bond motifs is 1. The van der Waals surface area contributed by atoms with E-state index in [9.17, 15) is 13.2 Å². The molecule has 31 heavy (non-hydrogen) atoms. The SMILES string of the molecule is O=C(Nc1ccc2c(c1)OCCO2)[C@@H](Cc1ccccc1)NS(=O)(=O)c1ccc(Br)s1. The molecule has 3 aromatic rings. The van der Waals surface area contributed by atoms with Crippen LogP contribution in [0.4, 0.5) is 5.69 Å². The molecule has 1 aromatic heterocycles. The van der Waals surface area contributed by atoms with Gasteiger partial charge in [-0.2, -0.15) is 4.72 Å². The highest BCUT2D eigenvalue weighted by atomic mass is 79.9. The third kappa shape index (κ3) is 5.45. The van der Waals surface area contributed by atoms with Gasteiger partial charge in [-0.05, 0) is 52.2 Å². The quantitative estimate of drug-likeness (QED) is 0.492. The van der Waals surface area contributed by atoms with Gasteiger partial charge in [-0.25, -0.2) is 8.42 Å². The van der Waals surface area contributed by atoms with Crippen molar-refractivity contribution in [2.24, 2.45) is 0 Å². The van der Waals surface area contributed by atoms with Crippen LogP contribution >= 0.6 is 27.3 Å². The molecule has 0 unspecified atom stereocenters. The average Bonchev–Trinajstić information content (AvgIpc) is 3.21. The maximum atomic E-state index is 13.1. The molecule has 0 saturated heterocycles. The lowest BCUT2D eigenvalue weighted by Gasteiger charge is -2.21. The Bertz CT molecular complexity index is 1180. The number of rotatable bonds is 7. The van der Waals surface area contributed by atoms with Gasteiger partial charge < -0.3 is 14.8 Å². The minimum absolute atomic E-state index is 0.129. The van der Waals surface area contributed by atoms with Gasteiger partial charge in [-0.1, -0.05) is 30.3 Å². The topological polar surface area (TPSA) is 93.7 Å². The fourth-order valence-corrected chi connectivity index (χ4v) is 6.30. The highest BCUT2D eigenvalue weighted by Crippen LogP contribution is 2.32.